The third-order valence-electron chi connectivity index (χ3n) is 2.56. The Bertz CT molecular complexity index is 478. The van der Waals surface area contributed by atoms with Crippen LogP contribution >= 0.6 is 0 Å². The van der Waals surface area contributed by atoms with Gasteiger partial charge in [-0.15, -0.1) is 0 Å². The van der Waals surface area contributed by atoms with Crippen molar-refractivity contribution < 1.29 is 33.8 Å². The molecule has 0 radical (unpaired) electrons. The Hall–Kier alpha value is -2.45. The fourth-order valence-electron chi connectivity index (χ4n) is 1.58. The van der Waals surface area contributed by atoms with Gasteiger partial charge in [0.1, 0.15) is 6.04 Å². The van der Waals surface area contributed by atoms with Crippen LogP contribution in [0.25, 0.3) is 0 Å². The van der Waals surface area contributed by atoms with E-state index in [0.29, 0.717) is 0 Å². The monoisotopic (exact) mass is 300 g/mol. The van der Waals surface area contributed by atoms with E-state index in [1.165, 1.54) is 13.8 Å². The number of carbonyl (C=O) groups is 4. The van der Waals surface area contributed by atoms with Crippen LogP contribution in [0, 0.1) is 5.92 Å². The molecule has 0 unspecified atom stereocenters. The molecule has 1 aliphatic rings. The Morgan fingerprint density at radius 3 is 2.33 bits per heavy atom. The number of aliphatic imine (C=N–C) groups is 1. The number of carboxylic acid groups (broad SMARTS) is 1. The molecule has 3 N–H and O–H groups in total. The maximum atomic E-state index is 11.6. The summed E-state index contributed by atoms with van der Waals surface area (Å²) in [5.74, 6) is -6.51. The Labute approximate surface area is 120 Å². The number of aliphatic carboxylic acids is 1. The summed E-state index contributed by atoms with van der Waals surface area (Å²) in [4.78, 5) is 48.5. The van der Waals surface area contributed by atoms with Crippen molar-refractivity contribution in [3.63, 3.8) is 0 Å². The fraction of sp³-hybridized carbons (Fsp3) is 0.583. The molecule has 1 aliphatic heterocycles. The maximum Gasteiger partial charge on any atom is 0.329 e. The highest BCUT2D eigenvalue weighted by Gasteiger charge is 2.42. The van der Waals surface area contributed by atoms with Crippen molar-refractivity contribution >= 4 is 30.0 Å². The summed E-state index contributed by atoms with van der Waals surface area (Å²) in [6, 6.07) is -1.28. The van der Waals surface area contributed by atoms with Crippen molar-refractivity contribution in [2.75, 3.05) is 0 Å². The Morgan fingerprint density at radius 1 is 1.38 bits per heavy atom. The Morgan fingerprint density at radius 2 is 1.90 bits per heavy atom. The highest BCUT2D eigenvalue weighted by atomic mass is 16.7. The number of ether oxygens (including phenoxy) is 2. The van der Waals surface area contributed by atoms with Crippen molar-refractivity contribution in [1.29, 1.82) is 0 Å². The molecular formula is C12H16N2O7. The standard InChI is InChI=1S/C12H16N2O7/c1-12(2)20-10(18)6(11(19)21-12)5-14-7(9(16)17)3-4-8(13)15/h5-7H,3-4H2,1-2H3,(H2,13,15)(H,16,17)/t7-/m1/s1. The molecule has 1 amide bonds. The zero-order chi connectivity index (χ0) is 16.2. The van der Waals surface area contributed by atoms with Crippen molar-refractivity contribution in [3.8, 4) is 0 Å². The number of carbonyl (C=O) groups excluding carboxylic acids is 3. The first-order valence-electron chi connectivity index (χ1n) is 6.12. The van der Waals surface area contributed by atoms with Crippen LogP contribution in [0.3, 0.4) is 0 Å². The van der Waals surface area contributed by atoms with Gasteiger partial charge >= 0.3 is 17.9 Å². The molecule has 0 spiro atoms. The molecule has 0 bridgehead atoms. The van der Waals surface area contributed by atoms with Gasteiger partial charge in [0, 0.05) is 26.5 Å². The normalized spacial score (nSPS) is 19.9. The smallest absolute Gasteiger partial charge is 0.329 e. The number of hydrogen-bond donors (Lipinski definition) is 2. The number of carboxylic acids is 1. The van der Waals surface area contributed by atoms with E-state index in [9.17, 15) is 19.2 Å². The third kappa shape index (κ3) is 4.86. The van der Waals surface area contributed by atoms with Crippen molar-refractivity contribution in [3.05, 3.63) is 0 Å². The molecule has 1 atom stereocenters. The van der Waals surface area contributed by atoms with E-state index in [1.54, 1.807) is 0 Å². The number of esters is 2. The van der Waals surface area contributed by atoms with Crippen LogP contribution in [-0.2, 0) is 28.7 Å². The zero-order valence-electron chi connectivity index (χ0n) is 11.6. The van der Waals surface area contributed by atoms with Crippen molar-refractivity contribution in [2.45, 2.75) is 38.5 Å². The number of nitrogens with zero attached hydrogens (tertiary/aromatic N) is 1. The Kier molecular flexibility index (Phi) is 5.01. The predicted molar refractivity (Wildman–Crippen MR) is 68.1 cm³/mol. The average Bonchev–Trinajstić information content (AvgIpc) is 2.29. The van der Waals surface area contributed by atoms with Crippen LogP contribution in [-0.4, -0.2) is 47.0 Å². The van der Waals surface area contributed by atoms with Gasteiger partial charge in [0.05, 0.1) is 0 Å². The van der Waals surface area contributed by atoms with Crippen LogP contribution in [0.2, 0.25) is 0 Å². The summed E-state index contributed by atoms with van der Waals surface area (Å²) < 4.78 is 9.71. The predicted octanol–water partition coefficient (Wildman–Crippen LogP) is -0.772. The lowest BCUT2D eigenvalue weighted by atomic mass is 10.1. The third-order valence-corrected chi connectivity index (χ3v) is 2.56. The molecule has 0 aromatic heterocycles. The first-order valence-corrected chi connectivity index (χ1v) is 6.12. The van der Waals surface area contributed by atoms with Gasteiger partial charge < -0.3 is 20.3 Å². The van der Waals surface area contributed by atoms with Crippen LogP contribution in [0.4, 0.5) is 0 Å². The summed E-state index contributed by atoms with van der Waals surface area (Å²) in [5.41, 5.74) is 4.92. The largest absolute Gasteiger partial charge is 0.480 e. The second-order valence-corrected chi connectivity index (χ2v) is 4.88. The van der Waals surface area contributed by atoms with E-state index in [2.05, 4.69) is 4.99 Å². The fourth-order valence-corrected chi connectivity index (χ4v) is 1.58. The molecule has 0 saturated carbocycles. The minimum atomic E-state index is -1.42. The van der Waals surface area contributed by atoms with E-state index in [1.807, 2.05) is 0 Å². The lowest BCUT2D eigenvalue weighted by molar-refractivity contribution is -0.235. The van der Waals surface area contributed by atoms with Crippen molar-refractivity contribution in [2.24, 2.45) is 16.6 Å². The summed E-state index contributed by atoms with van der Waals surface area (Å²) >= 11 is 0. The molecule has 1 heterocycles. The Balaban J connectivity index is 2.76. The highest BCUT2D eigenvalue weighted by Crippen LogP contribution is 2.22. The number of nitrogens with two attached hydrogens (primary N) is 1. The van der Waals surface area contributed by atoms with Crippen LogP contribution in [0.5, 0.6) is 0 Å². The minimum absolute atomic E-state index is 0.135. The SMILES string of the molecule is CC1(C)OC(=O)C(C=N[C@H](CCC(N)=O)C(=O)O)C(=O)O1. The number of primary amides is 1. The number of hydrogen-bond acceptors (Lipinski definition) is 7. The number of cyclic esters (lactones) is 2. The second-order valence-electron chi connectivity index (χ2n) is 4.88. The van der Waals surface area contributed by atoms with Crippen LogP contribution < -0.4 is 5.73 Å². The molecular weight excluding hydrogens is 284 g/mol. The summed E-state index contributed by atoms with van der Waals surface area (Å²) in [6.07, 6.45) is 0.546. The van der Waals surface area contributed by atoms with E-state index >= 15 is 0 Å². The minimum Gasteiger partial charge on any atom is -0.480 e. The summed E-state index contributed by atoms with van der Waals surface area (Å²) in [7, 11) is 0. The van der Waals surface area contributed by atoms with Crippen LogP contribution in [0.15, 0.2) is 4.99 Å². The van der Waals surface area contributed by atoms with E-state index < -0.39 is 41.6 Å². The lowest BCUT2D eigenvalue weighted by Crippen LogP contribution is -2.47. The van der Waals surface area contributed by atoms with E-state index in [0.717, 1.165) is 6.21 Å². The topological polar surface area (TPSA) is 145 Å². The van der Waals surface area contributed by atoms with Gasteiger partial charge in [-0.2, -0.15) is 0 Å². The van der Waals surface area contributed by atoms with E-state index in [-0.39, 0.29) is 12.8 Å². The van der Waals surface area contributed by atoms with Crippen LogP contribution in [0.1, 0.15) is 26.7 Å². The maximum absolute atomic E-state index is 11.6. The van der Waals surface area contributed by atoms with Gasteiger partial charge in [-0.1, -0.05) is 0 Å². The molecule has 9 nitrogen and oxygen atoms in total. The highest BCUT2D eigenvalue weighted by molar-refractivity contribution is 6.10. The van der Waals surface area contributed by atoms with Gasteiger partial charge in [-0.05, 0) is 6.42 Å². The van der Waals surface area contributed by atoms with Gasteiger partial charge in [0.15, 0.2) is 5.92 Å². The summed E-state index contributed by atoms with van der Waals surface area (Å²) in [6.45, 7) is 2.78. The quantitative estimate of drug-likeness (QED) is 0.372. The second kappa shape index (κ2) is 6.33. The molecule has 9 heteroatoms. The first-order chi connectivity index (χ1) is 9.62. The molecule has 0 aliphatic carbocycles. The lowest BCUT2D eigenvalue weighted by Gasteiger charge is -2.31. The van der Waals surface area contributed by atoms with Gasteiger partial charge in [-0.3, -0.25) is 19.4 Å². The molecule has 0 aromatic carbocycles. The number of amides is 1. The first kappa shape index (κ1) is 16.6. The van der Waals surface area contributed by atoms with Gasteiger partial charge in [-0.25, -0.2) is 4.79 Å². The van der Waals surface area contributed by atoms with Gasteiger partial charge in [0.2, 0.25) is 5.91 Å². The molecule has 116 valence electrons. The van der Waals surface area contributed by atoms with Gasteiger partial charge in [0.25, 0.3) is 5.79 Å². The molecule has 1 saturated heterocycles. The molecule has 1 fully saturated rings. The van der Waals surface area contributed by atoms with Crippen molar-refractivity contribution in [1.82, 2.24) is 0 Å². The zero-order valence-corrected chi connectivity index (χ0v) is 11.6. The summed E-state index contributed by atoms with van der Waals surface area (Å²) in [5, 5.41) is 8.93. The molecule has 1 rings (SSSR count). The molecule has 0 aromatic rings. The average molecular weight is 300 g/mol. The molecule has 21 heavy (non-hydrogen) atoms. The van der Waals surface area contributed by atoms with E-state index in [4.69, 9.17) is 20.3 Å². The number of rotatable bonds is 6.